The number of amides is 1. The fraction of sp³-hybridized carbons (Fsp3) is 0.242. The number of aryl methyl sites for hydroxylation is 1. The van der Waals surface area contributed by atoms with E-state index in [1.165, 1.54) is 24.6 Å². The first-order valence-electron chi connectivity index (χ1n) is 13.9. The van der Waals surface area contributed by atoms with E-state index in [0.717, 1.165) is 36.2 Å². The molecular weight excluding hydrogens is 520 g/mol. The minimum absolute atomic E-state index is 0.186. The number of rotatable bonds is 5. The fourth-order valence-electron chi connectivity index (χ4n) is 6.41. The lowest BCUT2D eigenvalue weighted by Gasteiger charge is -2.30. The number of hydrogen-bond acceptors (Lipinski definition) is 4. The lowest BCUT2D eigenvalue weighted by Crippen LogP contribution is -2.33. The summed E-state index contributed by atoms with van der Waals surface area (Å²) in [5.74, 6) is 0.264. The summed E-state index contributed by atoms with van der Waals surface area (Å²) in [6.45, 7) is 4.96. The van der Waals surface area contributed by atoms with Gasteiger partial charge in [-0.3, -0.25) is 14.6 Å². The molecule has 0 radical (unpaired) electrons. The van der Waals surface area contributed by atoms with Gasteiger partial charge in [0.25, 0.3) is 5.91 Å². The quantitative estimate of drug-likeness (QED) is 0.235. The Morgan fingerprint density at radius 3 is 2.66 bits per heavy atom. The minimum Gasteiger partial charge on any atom is -0.317 e. The Kier molecular flexibility index (Phi) is 6.16. The van der Waals surface area contributed by atoms with Crippen LogP contribution in [0, 0.1) is 17.6 Å². The van der Waals surface area contributed by atoms with Gasteiger partial charge in [-0.1, -0.05) is 25.1 Å². The number of carbonyl (C=O) groups excluding carboxylic acids is 1. The van der Waals surface area contributed by atoms with Gasteiger partial charge in [0, 0.05) is 42.2 Å². The van der Waals surface area contributed by atoms with Crippen LogP contribution in [0.3, 0.4) is 0 Å². The third kappa shape index (κ3) is 4.39. The van der Waals surface area contributed by atoms with E-state index in [2.05, 4.69) is 22.0 Å². The van der Waals surface area contributed by atoms with Gasteiger partial charge >= 0.3 is 0 Å². The van der Waals surface area contributed by atoms with Gasteiger partial charge in [-0.25, -0.2) is 8.78 Å². The van der Waals surface area contributed by atoms with E-state index in [4.69, 9.17) is 0 Å². The molecule has 8 heteroatoms. The maximum atomic E-state index is 15.2. The van der Waals surface area contributed by atoms with Crippen LogP contribution >= 0.6 is 0 Å². The summed E-state index contributed by atoms with van der Waals surface area (Å²) >= 11 is 0. The van der Waals surface area contributed by atoms with Crippen LogP contribution in [-0.2, 0) is 13.6 Å². The second kappa shape index (κ2) is 9.89. The van der Waals surface area contributed by atoms with Crippen molar-refractivity contribution >= 4 is 28.1 Å². The average Bonchev–Trinajstić information content (AvgIpc) is 3.51. The topological polar surface area (TPSA) is 54.3 Å². The maximum absolute atomic E-state index is 15.2. The molecule has 1 saturated heterocycles. The summed E-state index contributed by atoms with van der Waals surface area (Å²) in [4.78, 5) is 18.0. The third-order valence-electron chi connectivity index (χ3n) is 8.27. The second-order valence-electron chi connectivity index (χ2n) is 11.3. The molecule has 2 aliphatic rings. The molecule has 1 amide bonds. The highest BCUT2D eigenvalue weighted by Gasteiger charge is 2.33. The van der Waals surface area contributed by atoms with Crippen molar-refractivity contribution in [3.8, 4) is 22.5 Å². The van der Waals surface area contributed by atoms with Crippen LogP contribution in [0.2, 0.25) is 0 Å². The van der Waals surface area contributed by atoms with Crippen LogP contribution in [0.15, 0.2) is 73.1 Å². The van der Waals surface area contributed by atoms with E-state index in [0.29, 0.717) is 51.6 Å². The predicted octanol–water partition coefficient (Wildman–Crippen LogP) is 7.10. The highest BCUT2D eigenvalue weighted by Crippen LogP contribution is 2.44. The van der Waals surface area contributed by atoms with E-state index < -0.39 is 0 Å². The number of likely N-dealkylation sites (tertiary alicyclic amines) is 1. The molecular formula is C33H29F2N5O. The Bertz CT molecular complexity index is 1830. The Hall–Kier alpha value is -4.43. The number of hydrogen-bond donors (Lipinski definition) is 0. The molecule has 0 N–H and O–H groups in total. The van der Waals surface area contributed by atoms with Gasteiger partial charge in [-0.2, -0.15) is 0 Å². The number of anilines is 2. The number of benzene rings is 4. The summed E-state index contributed by atoms with van der Waals surface area (Å²) in [6, 6.07) is 19.1. The normalized spacial score (nSPS) is 17.1. The van der Waals surface area contributed by atoms with Gasteiger partial charge < -0.3 is 4.57 Å². The molecule has 7 rings (SSSR count). The highest BCUT2D eigenvalue weighted by molar-refractivity contribution is 6.28. The molecule has 0 aliphatic carbocycles. The van der Waals surface area contributed by atoms with Crippen LogP contribution in [-0.4, -0.2) is 38.7 Å². The number of carbonyl (C=O) groups is 1. The van der Waals surface area contributed by atoms with E-state index in [-0.39, 0.29) is 17.5 Å². The van der Waals surface area contributed by atoms with Gasteiger partial charge in [0.05, 0.1) is 11.3 Å². The van der Waals surface area contributed by atoms with Crippen molar-refractivity contribution in [2.45, 2.75) is 26.3 Å². The molecule has 6 nitrogen and oxygen atoms in total. The molecule has 5 aromatic rings. The molecule has 4 aromatic carbocycles. The fourth-order valence-corrected chi connectivity index (χ4v) is 6.41. The van der Waals surface area contributed by atoms with Gasteiger partial charge in [0.1, 0.15) is 18.0 Å². The maximum Gasteiger partial charge on any atom is 0.263 e. The molecule has 0 bridgehead atoms. The minimum atomic E-state index is -0.378. The Labute approximate surface area is 236 Å². The van der Waals surface area contributed by atoms with Crippen molar-refractivity contribution in [1.29, 1.82) is 0 Å². The van der Waals surface area contributed by atoms with Crippen LogP contribution in [0.25, 0.3) is 33.3 Å². The third-order valence-corrected chi connectivity index (χ3v) is 8.27. The first-order chi connectivity index (χ1) is 19.9. The zero-order valence-electron chi connectivity index (χ0n) is 22.9. The van der Waals surface area contributed by atoms with Crippen molar-refractivity contribution in [2.75, 3.05) is 18.0 Å². The van der Waals surface area contributed by atoms with Crippen LogP contribution in [0.1, 0.15) is 35.7 Å². The molecule has 1 fully saturated rings. The number of piperidine rings is 1. The van der Waals surface area contributed by atoms with Gasteiger partial charge in [0.2, 0.25) is 0 Å². The van der Waals surface area contributed by atoms with Crippen LogP contribution < -0.4 is 4.90 Å². The molecule has 2 aliphatic heterocycles. The molecule has 206 valence electrons. The molecule has 0 spiro atoms. The Morgan fingerprint density at radius 2 is 1.85 bits per heavy atom. The second-order valence-corrected chi connectivity index (χ2v) is 11.3. The Balaban J connectivity index is 1.30. The average molecular weight is 550 g/mol. The zero-order valence-corrected chi connectivity index (χ0v) is 22.9. The van der Waals surface area contributed by atoms with Crippen molar-refractivity contribution in [2.24, 2.45) is 13.0 Å². The zero-order chi connectivity index (χ0) is 28.2. The summed E-state index contributed by atoms with van der Waals surface area (Å²) in [6.07, 6.45) is 3.94. The molecule has 1 atom stereocenters. The first kappa shape index (κ1) is 25.5. The number of aromatic nitrogens is 3. The lowest BCUT2D eigenvalue weighted by molar-refractivity contribution is 0.100. The standard InChI is InChI=1S/C33H29F2N5O/c1-20-5-4-12-39(17-20)18-21-13-27-29(35)10-11-30-31(27)28(14-21)33(41)40(30)24-7-3-6-22(15-24)25-9-8-23(34)16-26(25)32-37-36-19-38(32)2/h3,6-11,13-16,19-20H,4-5,12,17-18H2,1-2H3/t20-/m0/s1. The summed E-state index contributed by atoms with van der Waals surface area (Å²) in [5.41, 5.74) is 4.92. The molecule has 3 heterocycles. The summed E-state index contributed by atoms with van der Waals surface area (Å²) in [5, 5.41) is 9.24. The monoisotopic (exact) mass is 549 g/mol. The SMILES string of the molecule is C[C@H]1CCCN(Cc2cc3c4c(ccc(F)c4c2)N(c2cccc(-c4ccc(F)cc4-c4nncn4C)c2)C3=O)C1. The number of nitrogens with zero attached hydrogens (tertiary/aromatic N) is 5. The summed E-state index contributed by atoms with van der Waals surface area (Å²) < 4.78 is 31.3. The van der Waals surface area contributed by atoms with Crippen molar-refractivity contribution < 1.29 is 13.6 Å². The van der Waals surface area contributed by atoms with Crippen LogP contribution in [0.4, 0.5) is 20.2 Å². The van der Waals surface area contributed by atoms with E-state index in [1.54, 1.807) is 35.0 Å². The Morgan fingerprint density at radius 1 is 0.976 bits per heavy atom. The van der Waals surface area contributed by atoms with Crippen molar-refractivity contribution in [3.63, 3.8) is 0 Å². The van der Waals surface area contributed by atoms with E-state index in [9.17, 15) is 9.18 Å². The van der Waals surface area contributed by atoms with Crippen LogP contribution in [0.5, 0.6) is 0 Å². The molecule has 1 aromatic heterocycles. The summed E-state index contributed by atoms with van der Waals surface area (Å²) in [7, 11) is 1.81. The molecule has 0 unspecified atom stereocenters. The molecule has 0 saturated carbocycles. The van der Waals surface area contributed by atoms with E-state index in [1.807, 2.05) is 36.4 Å². The van der Waals surface area contributed by atoms with Crippen molar-refractivity contribution in [1.82, 2.24) is 19.7 Å². The van der Waals surface area contributed by atoms with Crippen molar-refractivity contribution in [3.05, 3.63) is 95.8 Å². The highest BCUT2D eigenvalue weighted by atomic mass is 19.1. The van der Waals surface area contributed by atoms with Gasteiger partial charge in [0.15, 0.2) is 5.82 Å². The smallest absolute Gasteiger partial charge is 0.263 e. The number of halogens is 2. The van der Waals surface area contributed by atoms with Gasteiger partial charge in [-0.05, 0) is 90.5 Å². The predicted molar refractivity (Wildman–Crippen MR) is 156 cm³/mol. The van der Waals surface area contributed by atoms with E-state index >= 15 is 4.39 Å². The lowest BCUT2D eigenvalue weighted by atomic mass is 9.98. The van der Waals surface area contributed by atoms with Gasteiger partial charge in [-0.15, -0.1) is 10.2 Å². The largest absolute Gasteiger partial charge is 0.317 e. The first-order valence-corrected chi connectivity index (χ1v) is 13.9. The molecule has 41 heavy (non-hydrogen) atoms.